The maximum absolute atomic E-state index is 11.8. The molecule has 0 aliphatic heterocycles. The van der Waals surface area contributed by atoms with Gasteiger partial charge < -0.3 is 10.6 Å². The largest absolute Gasteiger partial charge is 0.393 e. The highest BCUT2D eigenvalue weighted by molar-refractivity contribution is 7.80. The highest BCUT2D eigenvalue weighted by Gasteiger charge is 2.41. The van der Waals surface area contributed by atoms with Gasteiger partial charge in [-0.15, -0.1) is 0 Å². The van der Waals surface area contributed by atoms with Crippen molar-refractivity contribution in [2.45, 2.75) is 32.7 Å². The van der Waals surface area contributed by atoms with Crippen molar-refractivity contribution >= 4 is 23.1 Å². The van der Waals surface area contributed by atoms with Crippen LogP contribution in [0.4, 0.5) is 0 Å². The Hall–Kier alpha value is -0.640. The molecular formula is C10H18N2OS. The molecule has 1 aliphatic carbocycles. The van der Waals surface area contributed by atoms with Crippen LogP contribution in [0.3, 0.4) is 0 Å². The molecule has 0 saturated heterocycles. The van der Waals surface area contributed by atoms with E-state index < -0.39 is 0 Å². The van der Waals surface area contributed by atoms with E-state index in [2.05, 4.69) is 6.92 Å². The van der Waals surface area contributed by atoms with Crippen LogP contribution in [0, 0.1) is 11.8 Å². The average molecular weight is 214 g/mol. The second-order valence-electron chi connectivity index (χ2n) is 4.29. The van der Waals surface area contributed by atoms with E-state index in [0.717, 1.165) is 6.42 Å². The number of rotatable bonds is 4. The van der Waals surface area contributed by atoms with Crippen molar-refractivity contribution in [1.82, 2.24) is 4.90 Å². The lowest BCUT2D eigenvalue weighted by atomic mass is 10.2. The zero-order valence-electron chi connectivity index (χ0n) is 8.99. The molecule has 1 saturated carbocycles. The van der Waals surface area contributed by atoms with Crippen LogP contribution >= 0.6 is 12.2 Å². The molecular weight excluding hydrogens is 196 g/mol. The maximum atomic E-state index is 11.8. The first-order valence-electron chi connectivity index (χ1n) is 4.98. The van der Waals surface area contributed by atoms with Crippen LogP contribution in [-0.4, -0.2) is 28.9 Å². The minimum atomic E-state index is 0.118. The summed E-state index contributed by atoms with van der Waals surface area (Å²) >= 11 is 4.82. The summed E-state index contributed by atoms with van der Waals surface area (Å²) in [6, 6.07) is 0.118. The predicted molar refractivity (Wildman–Crippen MR) is 60.9 cm³/mol. The van der Waals surface area contributed by atoms with E-state index in [4.69, 9.17) is 18.0 Å². The summed E-state index contributed by atoms with van der Waals surface area (Å²) in [5.74, 6) is 1.04. The molecule has 0 radical (unpaired) electrons. The van der Waals surface area contributed by atoms with Gasteiger partial charge in [0.1, 0.15) is 0 Å². The van der Waals surface area contributed by atoms with E-state index in [0.29, 0.717) is 17.3 Å². The van der Waals surface area contributed by atoms with Gasteiger partial charge in [-0.05, 0) is 19.3 Å². The number of nitrogens with zero attached hydrogens (tertiary/aromatic N) is 1. The number of hydrogen-bond acceptors (Lipinski definition) is 2. The Labute approximate surface area is 90.6 Å². The Kier molecular flexibility index (Phi) is 3.48. The molecule has 1 fully saturated rings. The highest BCUT2D eigenvalue weighted by atomic mass is 32.1. The van der Waals surface area contributed by atoms with Crippen LogP contribution in [0.1, 0.15) is 26.7 Å². The summed E-state index contributed by atoms with van der Waals surface area (Å²) in [4.78, 5) is 14.0. The van der Waals surface area contributed by atoms with Crippen molar-refractivity contribution in [3.63, 3.8) is 0 Å². The van der Waals surface area contributed by atoms with E-state index in [1.54, 1.807) is 4.90 Å². The Morgan fingerprint density at radius 3 is 2.57 bits per heavy atom. The second kappa shape index (κ2) is 4.26. The summed E-state index contributed by atoms with van der Waals surface area (Å²) in [5, 5.41) is 0. The second-order valence-corrected chi connectivity index (χ2v) is 4.81. The summed E-state index contributed by atoms with van der Waals surface area (Å²) in [5.41, 5.74) is 5.44. The van der Waals surface area contributed by atoms with Crippen LogP contribution in [0.15, 0.2) is 0 Å². The lowest BCUT2D eigenvalue weighted by Gasteiger charge is -2.24. The van der Waals surface area contributed by atoms with Gasteiger partial charge in [0.25, 0.3) is 0 Å². The molecule has 1 aliphatic rings. The first-order valence-corrected chi connectivity index (χ1v) is 5.39. The smallest absolute Gasteiger partial charge is 0.225 e. The monoisotopic (exact) mass is 214 g/mol. The third kappa shape index (κ3) is 2.67. The molecule has 0 heterocycles. The molecule has 1 rings (SSSR count). The first kappa shape index (κ1) is 11.4. The first-order chi connectivity index (χ1) is 6.43. The van der Waals surface area contributed by atoms with Gasteiger partial charge in [0, 0.05) is 25.4 Å². The molecule has 2 N–H and O–H groups in total. The standard InChI is InChI=1S/C10H18N2OS/c1-6-4-8(6)10(13)12(3)7(2)5-9(11)14/h6-8H,4-5H2,1-3H3,(H2,11,14). The number of hydrogen-bond donors (Lipinski definition) is 1. The minimum absolute atomic E-state index is 0.118. The number of amides is 1. The molecule has 1 amide bonds. The summed E-state index contributed by atoms with van der Waals surface area (Å²) in [7, 11) is 1.83. The Bertz CT molecular complexity index is 255. The fraction of sp³-hybridized carbons (Fsp3) is 0.800. The summed E-state index contributed by atoms with van der Waals surface area (Å²) < 4.78 is 0. The Balaban J connectivity index is 2.43. The lowest BCUT2D eigenvalue weighted by molar-refractivity contribution is -0.133. The Morgan fingerprint density at radius 1 is 1.71 bits per heavy atom. The molecule has 80 valence electrons. The van der Waals surface area contributed by atoms with E-state index >= 15 is 0 Å². The van der Waals surface area contributed by atoms with Gasteiger partial charge in [-0.3, -0.25) is 4.79 Å². The molecule has 0 bridgehead atoms. The third-order valence-corrected chi connectivity index (χ3v) is 3.10. The fourth-order valence-corrected chi connectivity index (χ4v) is 1.81. The third-order valence-electron chi connectivity index (χ3n) is 2.93. The molecule has 3 unspecified atom stereocenters. The number of thiocarbonyl (C=S) groups is 1. The normalized spacial score (nSPS) is 26.8. The van der Waals surface area contributed by atoms with Gasteiger partial charge in [0.15, 0.2) is 0 Å². The SMILES string of the molecule is CC1CC1C(=O)N(C)C(C)CC(N)=S. The molecule has 3 nitrogen and oxygen atoms in total. The van der Waals surface area contributed by atoms with Crippen molar-refractivity contribution < 1.29 is 4.79 Å². The summed E-state index contributed by atoms with van der Waals surface area (Å²) in [6.45, 7) is 4.08. The minimum Gasteiger partial charge on any atom is -0.393 e. The van der Waals surface area contributed by atoms with Gasteiger partial charge in [-0.25, -0.2) is 0 Å². The predicted octanol–water partition coefficient (Wildman–Crippen LogP) is 1.17. The van der Waals surface area contributed by atoms with Crippen molar-refractivity contribution in [2.75, 3.05) is 7.05 Å². The topological polar surface area (TPSA) is 46.3 Å². The zero-order valence-corrected chi connectivity index (χ0v) is 9.80. The Morgan fingerprint density at radius 2 is 2.21 bits per heavy atom. The molecule has 0 aromatic heterocycles. The van der Waals surface area contributed by atoms with Gasteiger partial charge in [0.05, 0.1) is 4.99 Å². The van der Waals surface area contributed by atoms with E-state index in [1.807, 2.05) is 14.0 Å². The van der Waals surface area contributed by atoms with E-state index in [9.17, 15) is 4.79 Å². The van der Waals surface area contributed by atoms with Crippen LogP contribution in [0.25, 0.3) is 0 Å². The van der Waals surface area contributed by atoms with Gasteiger partial charge in [0.2, 0.25) is 5.91 Å². The molecule has 0 aromatic rings. The number of carbonyl (C=O) groups excluding carboxylic acids is 1. The van der Waals surface area contributed by atoms with E-state index in [-0.39, 0.29) is 17.9 Å². The van der Waals surface area contributed by atoms with Crippen LogP contribution in [0.2, 0.25) is 0 Å². The molecule has 14 heavy (non-hydrogen) atoms. The average Bonchev–Trinajstić information content (AvgIpc) is 2.78. The van der Waals surface area contributed by atoms with Crippen molar-refractivity contribution in [2.24, 2.45) is 17.6 Å². The molecule has 0 spiro atoms. The van der Waals surface area contributed by atoms with Crippen LogP contribution in [-0.2, 0) is 4.79 Å². The number of nitrogens with two attached hydrogens (primary N) is 1. The van der Waals surface area contributed by atoms with Crippen molar-refractivity contribution in [3.05, 3.63) is 0 Å². The summed E-state index contributed by atoms with van der Waals surface area (Å²) in [6.07, 6.45) is 1.64. The lowest BCUT2D eigenvalue weighted by Crippen LogP contribution is -2.38. The van der Waals surface area contributed by atoms with Crippen LogP contribution < -0.4 is 5.73 Å². The molecule has 4 heteroatoms. The number of carbonyl (C=O) groups is 1. The van der Waals surface area contributed by atoms with Crippen molar-refractivity contribution in [3.8, 4) is 0 Å². The quantitative estimate of drug-likeness (QED) is 0.714. The molecule has 0 aromatic carbocycles. The van der Waals surface area contributed by atoms with Crippen molar-refractivity contribution in [1.29, 1.82) is 0 Å². The molecule has 3 atom stereocenters. The van der Waals surface area contributed by atoms with Gasteiger partial charge in [-0.1, -0.05) is 19.1 Å². The van der Waals surface area contributed by atoms with E-state index in [1.165, 1.54) is 0 Å². The highest BCUT2D eigenvalue weighted by Crippen LogP contribution is 2.39. The fourth-order valence-electron chi connectivity index (χ4n) is 1.57. The maximum Gasteiger partial charge on any atom is 0.225 e. The zero-order chi connectivity index (χ0) is 10.9. The van der Waals surface area contributed by atoms with Gasteiger partial charge in [-0.2, -0.15) is 0 Å². The van der Waals surface area contributed by atoms with Crippen LogP contribution in [0.5, 0.6) is 0 Å². The van der Waals surface area contributed by atoms with Gasteiger partial charge >= 0.3 is 0 Å².